The van der Waals surface area contributed by atoms with Gasteiger partial charge in [-0.05, 0) is 17.5 Å². The van der Waals surface area contributed by atoms with Crippen molar-refractivity contribution in [2.24, 2.45) is 0 Å². The first-order valence-corrected chi connectivity index (χ1v) is 9.90. The lowest BCUT2D eigenvalue weighted by Crippen LogP contribution is -2.21. The Balaban J connectivity index is 0.000000359. The SMILES string of the molecule is CCc1cc2ccc(C(C)C)cc2[s+]1C(F)(F)F.O=S(=O)([O-])C(F)(F)F. The monoisotopic (exact) mass is 422 g/mol. The van der Waals surface area contributed by atoms with E-state index in [1.807, 2.05) is 26.0 Å². The number of rotatable bonds is 2. The average molecular weight is 422 g/mol. The summed E-state index contributed by atoms with van der Waals surface area (Å²) in [6.07, 6.45) is 0.453. The van der Waals surface area contributed by atoms with Gasteiger partial charge in [0.2, 0.25) is 0 Å². The Bertz CT molecular complexity index is 864. The van der Waals surface area contributed by atoms with Crippen LogP contribution in [0.4, 0.5) is 26.3 Å². The summed E-state index contributed by atoms with van der Waals surface area (Å²) in [6.45, 7) is 5.78. The molecule has 148 valence electrons. The maximum atomic E-state index is 13.2. The van der Waals surface area contributed by atoms with Gasteiger partial charge in [-0.2, -0.15) is 13.2 Å². The van der Waals surface area contributed by atoms with Crippen molar-refractivity contribution in [1.82, 2.24) is 0 Å². The van der Waals surface area contributed by atoms with Crippen LogP contribution >= 0.6 is 10.5 Å². The van der Waals surface area contributed by atoms with Crippen LogP contribution in [0.15, 0.2) is 24.3 Å². The lowest BCUT2D eigenvalue weighted by Gasteiger charge is -2.08. The quantitative estimate of drug-likeness (QED) is 0.266. The van der Waals surface area contributed by atoms with Crippen LogP contribution in [0, 0.1) is 0 Å². The number of hydrogen-bond donors (Lipinski definition) is 0. The van der Waals surface area contributed by atoms with Crippen molar-refractivity contribution in [3.63, 3.8) is 0 Å². The van der Waals surface area contributed by atoms with E-state index in [-0.39, 0.29) is 5.92 Å². The van der Waals surface area contributed by atoms with Crippen LogP contribution in [-0.4, -0.2) is 18.5 Å². The lowest BCUT2D eigenvalue weighted by molar-refractivity contribution is -0.0867. The maximum absolute atomic E-state index is 13.2. The van der Waals surface area contributed by atoms with E-state index < -0.39 is 31.6 Å². The van der Waals surface area contributed by atoms with Crippen molar-refractivity contribution in [2.75, 3.05) is 0 Å². The third kappa shape index (κ3) is 5.34. The Hall–Kier alpha value is -1.33. The Morgan fingerprint density at radius 2 is 1.58 bits per heavy atom. The molecule has 2 aromatic rings. The second kappa shape index (κ2) is 7.73. The number of hydrogen-bond acceptors (Lipinski definition) is 3. The molecule has 0 aliphatic heterocycles. The maximum Gasteiger partial charge on any atom is 0.600 e. The second-order valence-electron chi connectivity index (χ2n) is 5.57. The van der Waals surface area contributed by atoms with E-state index in [1.54, 1.807) is 19.1 Å². The average Bonchev–Trinajstić information content (AvgIpc) is 2.83. The van der Waals surface area contributed by atoms with Crippen molar-refractivity contribution in [1.29, 1.82) is 0 Å². The van der Waals surface area contributed by atoms with Crippen LogP contribution in [-0.2, 0) is 22.0 Å². The second-order valence-corrected chi connectivity index (χ2v) is 8.98. The molecule has 1 atom stereocenters. The Morgan fingerprint density at radius 3 is 1.92 bits per heavy atom. The standard InChI is InChI=1S/C14H16F3S.CHF3O3S/c1-4-12-7-11-6-5-10(9(2)3)8-13(11)18(12)14(15,16)17;2-1(3,4)8(5,6)7/h5-9H,4H2,1-3H3;(H,5,6,7)/q+1;/p-1. The zero-order chi connectivity index (χ0) is 20.5. The molecule has 0 amide bonds. The van der Waals surface area contributed by atoms with Crippen LogP contribution in [0.25, 0.3) is 10.1 Å². The van der Waals surface area contributed by atoms with Gasteiger partial charge in [-0.1, -0.05) is 26.8 Å². The first kappa shape index (κ1) is 22.7. The molecule has 11 heteroatoms. The minimum atomic E-state index is -6.09. The van der Waals surface area contributed by atoms with Gasteiger partial charge in [-0.25, -0.2) is 8.42 Å². The Morgan fingerprint density at radius 1 is 1.08 bits per heavy atom. The molecule has 3 nitrogen and oxygen atoms in total. The highest BCUT2D eigenvalue weighted by Gasteiger charge is 2.47. The van der Waals surface area contributed by atoms with Gasteiger partial charge in [0.1, 0.15) is 0 Å². The summed E-state index contributed by atoms with van der Waals surface area (Å²) in [6, 6.07) is 7.18. The number of thiophene rings is 1. The minimum absolute atomic E-state index is 0.250. The number of halogens is 6. The number of aryl methyl sites for hydroxylation is 1. The molecular weight excluding hydrogens is 406 g/mol. The molecule has 1 aromatic carbocycles. The van der Waals surface area contributed by atoms with E-state index in [9.17, 15) is 26.3 Å². The first-order chi connectivity index (χ1) is 11.6. The molecule has 0 radical (unpaired) electrons. The van der Waals surface area contributed by atoms with Crippen molar-refractivity contribution in [2.45, 2.75) is 44.1 Å². The largest absolute Gasteiger partial charge is 0.741 e. The molecule has 0 fully saturated rings. The van der Waals surface area contributed by atoms with Gasteiger partial charge < -0.3 is 4.55 Å². The van der Waals surface area contributed by atoms with E-state index >= 15 is 0 Å². The first-order valence-electron chi connectivity index (χ1n) is 7.27. The number of fused-ring (bicyclic) bond motifs is 1. The predicted molar refractivity (Wildman–Crippen MR) is 86.9 cm³/mol. The Kier molecular flexibility index (Phi) is 6.75. The third-order valence-electron chi connectivity index (χ3n) is 3.37. The van der Waals surface area contributed by atoms with E-state index in [0.29, 0.717) is 16.0 Å². The molecule has 1 heterocycles. The molecule has 2 rings (SSSR count). The van der Waals surface area contributed by atoms with Gasteiger partial charge in [-0.15, -0.1) is 13.2 Å². The number of alkyl halides is 6. The van der Waals surface area contributed by atoms with Gasteiger partial charge in [0, 0.05) is 23.9 Å². The summed E-state index contributed by atoms with van der Waals surface area (Å²) in [7, 11) is -7.81. The highest BCUT2D eigenvalue weighted by Crippen LogP contribution is 2.51. The van der Waals surface area contributed by atoms with Crippen LogP contribution in [0.3, 0.4) is 0 Å². The lowest BCUT2D eigenvalue weighted by atomic mass is 10.0. The van der Waals surface area contributed by atoms with Crippen LogP contribution in [0.2, 0.25) is 0 Å². The third-order valence-corrected chi connectivity index (χ3v) is 6.12. The minimum Gasteiger partial charge on any atom is -0.741 e. The fraction of sp³-hybridized carbons (Fsp3) is 0.467. The van der Waals surface area contributed by atoms with Gasteiger partial charge in [0.15, 0.2) is 19.7 Å². The van der Waals surface area contributed by atoms with Gasteiger partial charge in [-0.3, -0.25) is 0 Å². The molecule has 0 spiro atoms. The molecule has 1 aromatic heterocycles. The Labute approximate surface area is 149 Å². The number of benzene rings is 1. The summed E-state index contributed by atoms with van der Waals surface area (Å²) >= 11 is 0. The van der Waals surface area contributed by atoms with Crippen molar-refractivity contribution < 1.29 is 39.3 Å². The smallest absolute Gasteiger partial charge is 0.600 e. The van der Waals surface area contributed by atoms with E-state index in [2.05, 4.69) is 0 Å². The summed E-state index contributed by atoms with van der Waals surface area (Å²) < 4.78 is 98.9. The van der Waals surface area contributed by atoms with Crippen LogP contribution in [0.5, 0.6) is 0 Å². The summed E-state index contributed by atoms with van der Waals surface area (Å²) in [5.41, 5.74) is -8.84. The molecule has 0 bridgehead atoms. The fourth-order valence-corrected chi connectivity index (χ4v) is 4.08. The van der Waals surface area contributed by atoms with Gasteiger partial charge in [0.05, 0.1) is 10.5 Å². The predicted octanol–water partition coefficient (Wildman–Crippen LogP) is 5.80. The highest BCUT2D eigenvalue weighted by molar-refractivity contribution is 7.86. The van der Waals surface area contributed by atoms with E-state index in [4.69, 9.17) is 13.0 Å². The molecule has 0 N–H and O–H groups in total. The topological polar surface area (TPSA) is 57.2 Å². The molecule has 0 aliphatic rings. The zero-order valence-corrected chi connectivity index (χ0v) is 15.5. The van der Waals surface area contributed by atoms with Crippen molar-refractivity contribution in [3.8, 4) is 0 Å². The summed E-state index contributed by atoms with van der Waals surface area (Å²) in [5, 5.41) is 0.733. The van der Waals surface area contributed by atoms with Gasteiger partial charge >= 0.3 is 11.0 Å². The fourth-order valence-electron chi connectivity index (χ4n) is 2.10. The molecular formula is C15H16F6O3S2. The molecule has 26 heavy (non-hydrogen) atoms. The van der Waals surface area contributed by atoms with E-state index in [0.717, 1.165) is 10.9 Å². The van der Waals surface area contributed by atoms with E-state index in [1.165, 1.54) is 0 Å². The molecule has 0 saturated carbocycles. The normalized spacial score (nSPS) is 13.7. The van der Waals surface area contributed by atoms with Crippen LogP contribution in [0.1, 0.15) is 37.1 Å². The highest BCUT2D eigenvalue weighted by atomic mass is 32.2. The van der Waals surface area contributed by atoms with Gasteiger partial charge in [0.25, 0.3) is 0 Å². The van der Waals surface area contributed by atoms with Crippen LogP contribution < -0.4 is 0 Å². The zero-order valence-electron chi connectivity index (χ0n) is 13.9. The van der Waals surface area contributed by atoms with Crippen molar-refractivity contribution >= 4 is 30.7 Å². The summed E-state index contributed by atoms with van der Waals surface area (Å²) in [4.78, 5) is 0.499. The summed E-state index contributed by atoms with van der Waals surface area (Å²) in [5.74, 6) is 0.250. The van der Waals surface area contributed by atoms with Crippen molar-refractivity contribution in [3.05, 3.63) is 34.7 Å². The molecule has 0 aliphatic carbocycles. The molecule has 0 saturated heterocycles. The molecule has 1 unspecified atom stereocenters.